The fourth-order valence-corrected chi connectivity index (χ4v) is 1.95. The quantitative estimate of drug-likeness (QED) is 0.775. The van der Waals surface area contributed by atoms with Gasteiger partial charge < -0.3 is 5.32 Å². The molecule has 1 aliphatic heterocycles. The molecule has 0 amide bonds. The highest BCUT2D eigenvalue weighted by molar-refractivity contribution is 5.50. The van der Waals surface area contributed by atoms with Gasteiger partial charge in [0.15, 0.2) is 0 Å². The Morgan fingerprint density at radius 2 is 2.00 bits per heavy atom. The van der Waals surface area contributed by atoms with Crippen LogP contribution in [0.5, 0.6) is 0 Å². The van der Waals surface area contributed by atoms with Crippen molar-refractivity contribution in [2.45, 2.75) is 32.2 Å². The molecule has 1 heteroatoms. The molecule has 1 aliphatic rings. The second-order valence-electron chi connectivity index (χ2n) is 4.33. The van der Waals surface area contributed by atoms with Crippen LogP contribution >= 0.6 is 0 Å². The molecule has 2 rings (SSSR count). The molecular formula is C14H19N. The molecule has 0 aromatic heterocycles. The molecule has 1 saturated heterocycles. The van der Waals surface area contributed by atoms with Crippen LogP contribution in [0.15, 0.2) is 30.3 Å². The first-order valence-electron chi connectivity index (χ1n) is 5.83. The van der Waals surface area contributed by atoms with Crippen LogP contribution in [0.1, 0.15) is 30.4 Å². The third-order valence-corrected chi connectivity index (χ3v) is 2.95. The lowest BCUT2D eigenvalue weighted by Gasteiger charge is -2.19. The van der Waals surface area contributed by atoms with E-state index in [1.54, 1.807) is 0 Å². The average molecular weight is 201 g/mol. The van der Waals surface area contributed by atoms with E-state index in [-0.39, 0.29) is 0 Å². The molecule has 0 unspecified atom stereocenters. The maximum atomic E-state index is 3.51. The Kier molecular flexibility index (Phi) is 3.57. The molecule has 0 spiro atoms. The van der Waals surface area contributed by atoms with Crippen molar-refractivity contribution >= 4 is 6.08 Å². The van der Waals surface area contributed by atoms with Gasteiger partial charge in [0.05, 0.1) is 0 Å². The zero-order valence-corrected chi connectivity index (χ0v) is 9.37. The summed E-state index contributed by atoms with van der Waals surface area (Å²) in [5.74, 6) is 0. The molecule has 0 aliphatic carbocycles. The van der Waals surface area contributed by atoms with E-state index in [0.717, 1.165) is 0 Å². The Labute approximate surface area is 92.2 Å². The second-order valence-corrected chi connectivity index (χ2v) is 4.33. The lowest BCUT2D eigenvalue weighted by atomic mass is 10.0. The van der Waals surface area contributed by atoms with Gasteiger partial charge in [-0.15, -0.1) is 0 Å². The molecule has 15 heavy (non-hydrogen) atoms. The van der Waals surface area contributed by atoms with Gasteiger partial charge in [-0.05, 0) is 31.9 Å². The Bertz CT molecular complexity index is 318. The van der Waals surface area contributed by atoms with Gasteiger partial charge in [0, 0.05) is 6.04 Å². The molecule has 1 heterocycles. The van der Waals surface area contributed by atoms with Crippen LogP contribution in [-0.2, 0) is 0 Å². The molecule has 1 aromatic rings. The van der Waals surface area contributed by atoms with Crippen LogP contribution in [0.4, 0.5) is 0 Å². The zero-order valence-electron chi connectivity index (χ0n) is 9.37. The third kappa shape index (κ3) is 3.21. The second kappa shape index (κ2) is 5.13. The monoisotopic (exact) mass is 201 g/mol. The summed E-state index contributed by atoms with van der Waals surface area (Å²) in [5.41, 5.74) is 2.62. The first kappa shape index (κ1) is 10.4. The van der Waals surface area contributed by atoms with Gasteiger partial charge in [0.2, 0.25) is 0 Å². The van der Waals surface area contributed by atoms with Crippen molar-refractivity contribution in [2.75, 3.05) is 6.54 Å². The average Bonchev–Trinajstić information content (AvgIpc) is 2.30. The maximum Gasteiger partial charge on any atom is 0.0253 e. The Morgan fingerprint density at radius 3 is 2.67 bits per heavy atom. The summed E-state index contributed by atoms with van der Waals surface area (Å²) in [6.45, 7) is 3.29. The number of nitrogens with one attached hydrogen (secondary N) is 1. The Morgan fingerprint density at radius 1 is 1.20 bits per heavy atom. The van der Waals surface area contributed by atoms with E-state index < -0.39 is 0 Å². The first-order valence-corrected chi connectivity index (χ1v) is 5.83. The SMILES string of the molecule is Cc1ccc(/C=C/[C@@H]2CCCCN2)cc1. The highest BCUT2D eigenvalue weighted by Crippen LogP contribution is 2.11. The summed E-state index contributed by atoms with van der Waals surface area (Å²) in [5, 5.41) is 3.51. The molecule has 1 fully saturated rings. The fourth-order valence-electron chi connectivity index (χ4n) is 1.95. The minimum atomic E-state index is 0.583. The van der Waals surface area contributed by atoms with Crippen LogP contribution in [0.25, 0.3) is 6.08 Å². The van der Waals surface area contributed by atoms with Gasteiger partial charge in [-0.1, -0.05) is 48.4 Å². The molecule has 1 aromatic carbocycles. The van der Waals surface area contributed by atoms with Crippen LogP contribution < -0.4 is 5.32 Å². The lowest BCUT2D eigenvalue weighted by molar-refractivity contribution is 0.455. The third-order valence-electron chi connectivity index (χ3n) is 2.95. The topological polar surface area (TPSA) is 12.0 Å². The van der Waals surface area contributed by atoms with Crippen LogP contribution in [-0.4, -0.2) is 12.6 Å². The summed E-state index contributed by atoms with van der Waals surface area (Å²) in [6.07, 6.45) is 8.49. The smallest absolute Gasteiger partial charge is 0.0253 e. The molecule has 80 valence electrons. The van der Waals surface area contributed by atoms with Gasteiger partial charge in [-0.25, -0.2) is 0 Å². The van der Waals surface area contributed by atoms with Crippen LogP contribution in [0.2, 0.25) is 0 Å². The molecule has 0 bridgehead atoms. The summed E-state index contributed by atoms with van der Waals surface area (Å²) in [4.78, 5) is 0. The van der Waals surface area contributed by atoms with E-state index in [1.807, 2.05) is 0 Å². The Hall–Kier alpha value is -1.08. The number of piperidine rings is 1. The molecule has 1 nitrogen and oxygen atoms in total. The van der Waals surface area contributed by atoms with Crippen molar-refractivity contribution in [3.63, 3.8) is 0 Å². The summed E-state index contributed by atoms with van der Waals surface area (Å²) in [7, 11) is 0. The van der Waals surface area contributed by atoms with Crippen LogP contribution in [0.3, 0.4) is 0 Å². The van der Waals surface area contributed by atoms with Gasteiger partial charge in [-0.3, -0.25) is 0 Å². The summed E-state index contributed by atoms with van der Waals surface area (Å²) >= 11 is 0. The molecular weight excluding hydrogens is 182 g/mol. The van der Waals surface area contributed by atoms with Crippen LogP contribution in [0, 0.1) is 6.92 Å². The first-order chi connectivity index (χ1) is 7.34. The van der Waals surface area contributed by atoms with E-state index in [2.05, 4.69) is 48.7 Å². The van der Waals surface area contributed by atoms with E-state index in [4.69, 9.17) is 0 Å². The van der Waals surface area contributed by atoms with Crippen molar-refractivity contribution in [1.29, 1.82) is 0 Å². The zero-order chi connectivity index (χ0) is 10.5. The minimum absolute atomic E-state index is 0.583. The Balaban J connectivity index is 1.95. The predicted octanol–water partition coefficient (Wildman–Crippen LogP) is 3.15. The van der Waals surface area contributed by atoms with E-state index in [0.29, 0.717) is 6.04 Å². The largest absolute Gasteiger partial charge is 0.311 e. The highest BCUT2D eigenvalue weighted by Gasteiger charge is 2.07. The van der Waals surface area contributed by atoms with Crippen molar-refractivity contribution in [3.05, 3.63) is 41.5 Å². The molecule has 0 saturated carbocycles. The minimum Gasteiger partial charge on any atom is -0.311 e. The van der Waals surface area contributed by atoms with E-state index in [9.17, 15) is 0 Å². The number of aryl methyl sites for hydroxylation is 1. The summed E-state index contributed by atoms with van der Waals surface area (Å²) in [6, 6.07) is 9.26. The van der Waals surface area contributed by atoms with E-state index in [1.165, 1.54) is 36.9 Å². The van der Waals surface area contributed by atoms with Crippen molar-refractivity contribution < 1.29 is 0 Å². The maximum absolute atomic E-state index is 3.51. The van der Waals surface area contributed by atoms with Crippen molar-refractivity contribution in [1.82, 2.24) is 5.32 Å². The molecule has 0 radical (unpaired) electrons. The number of benzene rings is 1. The number of hydrogen-bond acceptors (Lipinski definition) is 1. The van der Waals surface area contributed by atoms with Gasteiger partial charge in [0.1, 0.15) is 0 Å². The van der Waals surface area contributed by atoms with Crippen molar-refractivity contribution in [3.8, 4) is 0 Å². The van der Waals surface area contributed by atoms with Gasteiger partial charge >= 0.3 is 0 Å². The highest BCUT2D eigenvalue weighted by atomic mass is 14.9. The molecule has 1 N–H and O–H groups in total. The van der Waals surface area contributed by atoms with Gasteiger partial charge in [-0.2, -0.15) is 0 Å². The summed E-state index contributed by atoms with van der Waals surface area (Å²) < 4.78 is 0. The predicted molar refractivity (Wildman–Crippen MR) is 65.9 cm³/mol. The molecule has 1 atom stereocenters. The standard InChI is InChI=1S/C14H19N/c1-12-5-7-13(8-6-12)9-10-14-4-2-3-11-15-14/h5-10,14-15H,2-4,11H2,1H3/b10-9+/t14-/m0/s1. The fraction of sp³-hybridized carbons (Fsp3) is 0.429. The van der Waals surface area contributed by atoms with Gasteiger partial charge in [0.25, 0.3) is 0 Å². The van der Waals surface area contributed by atoms with Crippen molar-refractivity contribution in [2.24, 2.45) is 0 Å². The van der Waals surface area contributed by atoms with E-state index >= 15 is 0 Å². The number of hydrogen-bond donors (Lipinski definition) is 1. The number of rotatable bonds is 2. The normalized spacial score (nSPS) is 22.1. The lowest BCUT2D eigenvalue weighted by Crippen LogP contribution is -2.31.